The fourth-order valence-electron chi connectivity index (χ4n) is 12.6. The monoisotopic (exact) mass is 486 g/mol. The Hall–Kier alpha value is -0.570. The molecular weight excluding hydrogens is 432 g/mol. The Balaban J connectivity index is 1.59. The summed E-state index contributed by atoms with van der Waals surface area (Å²) >= 11 is 0. The summed E-state index contributed by atoms with van der Waals surface area (Å²) in [6.07, 6.45) is 13.8. The Morgan fingerprint density at radius 3 is 2.14 bits per heavy atom. The minimum absolute atomic E-state index is 0.00298. The van der Waals surface area contributed by atoms with Crippen LogP contribution in [-0.2, 0) is 9.53 Å². The predicted molar refractivity (Wildman–Crippen MR) is 142 cm³/mol. The number of ether oxygens (including phenoxy) is 1. The van der Waals surface area contributed by atoms with Crippen molar-refractivity contribution in [3.63, 3.8) is 0 Å². The van der Waals surface area contributed by atoms with Crippen molar-refractivity contribution in [2.75, 3.05) is 7.11 Å². The zero-order valence-electron chi connectivity index (χ0n) is 24.1. The average molecular weight is 487 g/mol. The fourth-order valence-corrected chi connectivity index (χ4v) is 12.6. The number of esters is 1. The highest BCUT2D eigenvalue weighted by Gasteiger charge is 2.75. The van der Waals surface area contributed by atoms with Crippen molar-refractivity contribution in [3.8, 4) is 0 Å². The maximum atomic E-state index is 13.6. The maximum absolute atomic E-state index is 13.6. The van der Waals surface area contributed by atoms with Gasteiger partial charge in [0.05, 0.1) is 18.6 Å². The molecule has 200 valence electrons. The molecule has 1 N–H and O–H groups in total. The van der Waals surface area contributed by atoms with Gasteiger partial charge in [-0.25, -0.2) is 0 Å². The summed E-state index contributed by atoms with van der Waals surface area (Å²) in [6.45, 7) is 17.4. The van der Waals surface area contributed by atoms with Gasteiger partial charge in [0.2, 0.25) is 0 Å². The summed E-state index contributed by atoms with van der Waals surface area (Å²) in [4.78, 5) is 13.6. The van der Waals surface area contributed by atoms with Crippen LogP contribution >= 0.6 is 0 Å². The van der Waals surface area contributed by atoms with Crippen LogP contribution in [0.25, 0.3) is 0 Å². The third-order valence-electron chi connectivity index (χ3n) is 14.1. The second kappa shape index (κ2) is 7.97. The van der Waals surface area contributed by atoms with E-state index in [2.05, 4.69) is 48.5 Å². The first-order chi connectivity index (χ1) is 16.3. The molecule has 0 aromatic heterocycles. The molecular formula is C32H54O3. The normalized spacial score (nSPS) is 52.7. The highest BCUT2D eigenvalue weighted by atomic mass is 16.5. The van der Waals surface area contributed by atoms with Crippen molar-refractivity contribution < 1.29 is 14.6 Å². The van der Waals surface area contributed by atoms with Gasteiger partial charge in [0.1, 0.15) is 0 Å². The lowest BCUT2D eigenvalue weighted by molar-refractivity contribution is -0.265. The Morgan fingerprint density at radius 1 is 0.829 bits per heavy atom. The van der Waals surface area contributed by atoms with Crippen molar-refractivity contribution in [1.29, 1.82) is 0 Å². The molecule has 9 atom stereocenters. The lowest BCUT2D eigenvalue weighted by atomic mass is 9.30. The number of carbonyl (C=O) groups excluding carboxylic acids is 1. The molecule has 0 amide bonds. The number of rotatable bonds is 3. The van der Waals surface area contributed by atoms with Crippen molar-refractivity contribution in [2.24, 2.45) is 56.2 Å². The van der Waals surface area contributed by atoms with E-state index in [0.29, 0.717) is 34.5 Å². The summed E-state index contributed by atoms with van der Waals surface area (Å²) in [6, 6.07) is 0. The Morgan fingerprint density at radius 2 is 1.49 bits per heavy atom. The van der Waals surface area contributed by atoms with E-state index in [-0.39, 0.29) is 33.7 Å². The van der Waals surface area contributed by atoms with E-state index in [9.17, 15) is 9.90 Å². The van der Waals surface area contributed by atoms with Crippen molar-refractivity contribution in [1.82, 2.24) is 0 Å². The first kappa shape index (κ1) is 26.1. The van der Waals surface area contributed by atoms with Crippen LogP contribution < -0.4 is 0 Å². The molecule has 5 saturated carbocycles. The second-order valence-corrected chi connectivity index (χ2v) is 15.7. The number of aliphatic hydroxyl groups is 1. The smallest absolute Gasteiger partial charge is 0.312 e. The van der Waals surface area contributed by atoms with E-state index in [0.717, 1.165) is 19.3 Å². The number of carbonyl (C=O) groups is 1. The fraction of sp³-hybridized carbons (Fsp3) is 0.969. The minimum atomic E-state index is -0.266. The van der Waals surface area contributed by atoms with E-state index in [1.807, 2.05) is 0 Å². The standard InChI is InChI=1S/C32H54O3/c1-21(2)20-32-15-9-14-31(32,26(34)35-8)19-18-30(7)24(32)11-10-23-28(5)16-13-25(33)27(3,4)22(28)12-17-29(23,30)6/h21-25,33H,9-20H2,1-8H3/t22?,23?,24?,25-,28-,29+,30+,31+,32?/m0/s1. The molecule has 0 heterocycles. The molecule has 4 unspecified atom stereocenters. The minimum Gasteiger partial charge on any atom is -0.469 e. The molecule has 0 aromatic rings. The summed E-state index contributed by atoms with van der Waals surface area (Å²) in [5, 5.41) is 11.0. The molecule has 0 aromatic carbocycles. The number of hydrogen-bond acceptors (Lipinski definition) is 3. The van der Waals surface area contributed by atoms with Crippen molar-refractivity contribution in [2.45, 2.75) is 132 Å². The van der Waals surface area contributed by atoms with Gasteiger partial charge in [-0.2, -0.15) is 0 Å². The average Bonchev–Trinajstić information content (AvgIpc) is 3.16. The van der Waals surface area contributed by atoms with Crippen LogP contribution in [0.5, 0.6) is 0 Å². The zero-order valence-corrected chi connectivity index (χ0v) is 24.1. The van der Waals surface area contributed by atoms with Gasteiger partial charge in [-0.1, -0.05) is 54.9 Å². The first-order valence-corrected chi connectivity index (χ1v) is 15.0. The largest absolute Gasteiger partial charge is 0.469 e. The summed E-state index contributed by atoms with van der Waals surface area (Å²) in [5.74, 6) is 2.62. The lowest BCUT2D eigenvalue weighted by Crippen LogP contribution is -2.69. The highest BCUT2D eigenvalue weighted by molar-refractivity contribution is 5.79. The zero-order chi connectivity index (χ0) is 25.7. The van der Waals surface area contributed by atoms with Gasteiger partial charge in [0.25, 0.3) is 0 Å². The Kier molecular flexibility index (Phi) is 5.93. The van der Waals surface area contributed by atoms with Gasteiger partial charge in [-0.15, -0.1) is 0 Å². The summed E-state index contributed by atoms with van der Waals surface area (Å²) < 4.78 is 5.60. The van der Waals surface area contributed by atoms with Crippen molar-refractivity contribution >= 4 is 5.97 Å². The molecule has 35 heavy (non-hydrogen) atoms. The summed E-state index contributed by atoms with van der Waals surface area (Å²) in [7, 11) is 1.63. The predicted octanol–water partition coefficient (Wildman–Crippen LogP) is 7.79. The molecule has 5 fully saturated rings. The lowest BCUT2D eigenvalue weighted by Gasteiger charge is -2.74. The van der Waals surface area contributed by atoms with Crippen LogP contribution in [0.4, 0.5) is 0 Å². The van der Waals surface area contributed by atoms with Gasteiger partial charge < -0.3 is 9.84 Å². The van der Waals surface area contributed by atoms with E-state index in [1.165, 1.54) is 57.8 Å². The molecule has 3 heteroatoms. The van der Waals surface area contributed by atoms with Gasteiger partial charge in [0.15, 0.2) is 0 Å². The van der Waals surface area contributed by atoms with Crippen LogP contribution in [0.15, 0.2) is 0 Å². The SMILES string of the molecule is COC(=O)[C@]12CCCC1(CC(C)C)C1CCC3[C@@]4(C)CC[C@H](O)C(C)(C)C4CC[C@@]3(C)[C@]1(C)CC2. The Labute approximate surface area is 215 Å². The molecule has 0 aliphatic heterocycles. The van der Waals surface area contributed by atoms with Crippen LogP contribution in [-0.4, -0.2) is 24.3 Å². The molecule has 0 radical (unpaired) electrons. The molecule has 5 aliphatic rings. The number of methoxy groups -OCH3 is 1. The van der Waals surface area contributed by atoms with E-state index < -0.39 is 0 Å². The second-order valence-electron chi connectivity index (χ2n) is 15.7. The van der Waals surface area contributed by atoms with E-state index in [1.54, 1.807) is 7.11 Å². The van der Waals surface area contributed by atoms with E-state index in [4.69, 9.17) is 4.74 Å². The molecule has 0 saturated heterocycles. The van der Waals surface area contributed by atoms with Crippen molar-refractivity contribution in [3.05, 3.63) is 0 Å². The quantitative estimate of drug-likeness (QED) is 0.414. The molecule has 0 bridgehead atoms. The number of fused-ring (bicyclic) bond motifs is 7. The molecule has 5 rings (SSSR count). The topological polar surface area (TPSA) is 46.5 Å². The van der Waals surface area contributed by atoms with Crippen LogP contribution in [0.1, 0.15) is 126 Å². The van der Waals surface area contributed by atoms with E-state index >= 15 is 0 Å². The maximum Gasteiger partial charge on any atom is 0.312 e. The van der Waals surface area contributed by atoms with Gasteiger partial charge in [0, 0.05) is 0 Å². The first-order valence-electron chi connectivity index (χ1n) is 15.0. The molecule has 3 nitrogen and oxygen atoms in total. The third-order valence-corrected chi connectivity index (χ3v) is 14.1. The van der Waals surface area contributed by atoms with Gasteiger partial charge in [-0.3, -0.25) is 4.79 Å². The molecule has 0 spiro atoms. The van der Waals surface area contributed by atoms with Gasteiger partial charge >= 0.3 is 5.97 Å². The Bertz CT molecular complexity index is 863. The van der Waals surface area contributed by atoms with Crippen LogP contribution in [0.2, 0.25) is 0 Å². The highest BCUT2D eigenvalue weighted by Crippen LogP contribution is 2.80. The molecule has 5 aliphatic carbocycles. The van der Waals surface area contributed by atoms with Crippen LogP contribution in [0.3, 0.4) is 0 Å². The number of hydrogen-bond donors (Lipinski definition) is 1. The van der Waals surface area contributed by atoms with Crippen LogP contribution in [0, 0.1) is 56.2 Å². The summed E-state index contributed by atoms with van der Waals surface area (Å²) in [5.41, 5.74) is 0.701. The number of aliphatic hydroxyl groups excluding tert-OH is 1. The third kappa shape index (κ3) is 3.03. The van der Waals surface area contributed by atoms with Gasteiger partial charge in [-0.05, 0) is 121 Å².